The molecule has 1 N–H and O–H groups in total. The lowest BCUT2D eigenvalue weighted by Crippen LogP contribution is -2.09. The molecule has 0 aliphatic carbocycles. The number of nitrogens with zero attached hydrogens (tertiary/aromatic N) is 5. The average Bonchev–Trinajstić information content (AvgIpc) is 2.77. The molecule has 6 nitrogen and oxygen atoms in total. The van der Waals surface area contributed by atoms with Gasteiger partial charge in [0.25, 0.3) is 0 Å². The highest BCUT2D eigenvalue weighted by molar-refractivity contribution is 5.10. The Morgan fingerprint density at radius 1 is 1.44 bits per heavy atom. The molecule has 0 spiro atoms. The predicted molar refractivity (Wildman–Crippen MR) is 56.4 cm³/mol. The second kappa shape index (κ2) is 4.80. The summed E-state index contributed by atoms with van der Waals surface area (Å²) in [5, 5.41) is 21.4. The summed E-state index contributed by atoms with van der Waals surface area (Å²) in [6, 6.07) is 1.74. The van der Waals surface area contributed by atoms with Gasteiger partial charge in [0.05, 0.1) is 12.3 Å². The highest BCUT2D eigenvalue weighted by Gasteiger charge is 2.12. The van der Waals surface area contributed by atoms with Crippen molar-refractivity contribution in [3.05, 3.63) is 36.2 Å². The van der Waals surface area contributed by atoms with Gasteiger partial charge in [0.1, 0.15) is 12.2 Å². The summed E-state index contributed by atoms with van der Waals surface area (Å²) >= 11 is 0. The molecule has 16 heavy (non-hydrogen) atoms. The Balaban J connectivity index is 2.11. The van der Waals surface area contributed by atoms with Crippen molar-refractivity contribution in [3.63, 3.8) is 0 Å². The third-order valence-corrected chi connectivity index (χ3v) is 2.36. The van der Waals surface area contributed by atoms with E-state index in [1.807, 2.05) is 6.92 Å². The molecule has 0 aliphatic heterocycles. The van der Waals surface area contributed by atoms with E-state index in [9.17, 15) is 5.11 Å². The van der Waals surface area contributed by atoms with Gasteiger partial charge in [-0.2, -0.15) is 15.3 Å². The molecule has 84 valence electrons. The Morgan fingerprint density at radius 3 is 3.00 bits per heavy atom. The van der Waals surface area contributed by atoms with E-state index >= 15 is 0 Å². The van der Waals surface area contributed by atoms with E-state index in [2.05, 4.69) is 20.3 Å². The largest absolute Gasteiger partial charge is 0.388 e. The lowest BCUT2D eigenvalue weighted by atomic mass is 10.1. The first-order valence-electron chi connectivity index (χ1n) is 5.12. The number of hydrogen-bond acceptors (Lipinski definition) is 5. The molecule has 2 aromatic rings. The molecule has 0 radical (unpaired) electrons. The molecule has 1 atom stereocenters. The highest BCUT2D eigenvalue weighted by atomic mass is 16.3. The van der Waals surface area contributed by atoms with Crippen molar-refractivity contribution in [1.29, 1.82) is 0 Å². The zero-order valence-corrected chi connectivity index (χ0v) is 8.98. The fourth-order valence-corrected chi connectivity index (χ4v) is 1.50. The summed E-state index contributed by atoms with van der Waals surface area (Å²) < 4.78 is 1.76. The quantitative estimate of drug-likeness (QED) is 0.803. The van der Waals surface area contributed by atoms with Crippen molar-refractivity contribution in [2.24, 2.45) is 0 Å². The minimum absolute atomic E-state index is 0.430. The number of aliphatic hydroxyl groups excluding tert-OH is 1. The van der Waals surface area contributed by atoms with Gasteiger partial charge in [-0.3, -0.25) is 4.68 Å². The smallest absolute Gasteiger partial charge is 0.138 e. The second-order valence-electron chi connectivity index (χ2n) is 3.39. The number of hydrogen-bond donors (Lipinski definition) is 1. The standard InChI is InChI=1S/C10H13N5O/c1-2-15-10(11-7-14-15)5-9(16)8-3-4-12-13-6-8/h3-4,6-7,9,16H,2,5H2,1H3. The average molecular weight is 219 g/mol. The van der Waals surface area contributed by atoms with Crippen LogP contribution in [0.5, 0.6) is 0 Å². The molecule has 2 rings (SSSR count). The van der Waals surface area contributed by atoms with Crippen LogP contribution in [0.4, 0.5) is 0 Å². The lowest BCUT2D eigenvalue weighted by Gasteiger charge is -2.09. The molecule has 0 saturated heterocycles. The van der Waals surface area contributed by atoms with Crippen LogP contribution in [0.15, 0.2) is 24.8 Å². The van der Waals surface area contributed by atoms with Gasteiger partial charge in [0.15, 0.2) is 0 Å². The van der Waals surface area contributed by atoms with Gasteiger partial charge in [-0.25, -0.2) is 4.98 Å². The molecule has 2 aromatic heterocycles. The summed E-state index contributed by atoms with van der Waals surface area (Å²) in [4.78, 5) is 4.11. The van der Waals surface area contributed by atoms with E-state index in [1.165, 1.54) is 6.33 Å². The third kappa shape index (κ3) is 2.22. The van der Waals surface area contributed by atoms with Gasteiger partial charge >= 0.3 is 0 Å². The van der Waals surface area contributed by atoms with Crippen LogP contribution >= 0.6 is 0 Å². The zero-order chi connectivity index (χ0) is 11.4. The zero-order valence-electron chi connectivity index (χ0n) is 8.98. The molecule has 2 heterocycles. The Morgan fingerprint density at radius 2 is 2.31 bits per heavy atom. The summed E-state index contributed by atoms with van der Waals surface area (Å²) in [5.74, 6) is 0.770. The summed E-state index contributed by atoms with van der Waals surface area (Å²) in [6.07, 6.45) is 4.42. The van der Waals surface area contributed by atoms with Crippen molar-refractivity contribution in [2.75, 3.05) is 0 Å². The normalized spacial score (nSPS) is 12.6. The maximum absolute atomic E-state index is 9.96. The topological polar surface area (TPSA) is 76.7 Å². The van der Waals surface area contributed by atoms with E-state index in [0.29, 0.717) is 6.42 Å². The van der Waals surface area contributed by atoms with Gasteiger partial charge in [0, 0.05) is 24.7 Å². The van der Waals surface area contributed by atoms with Crippen LogP contribution in [0.3, 0.4) is 0 Å². The van der Waals surface area contributed by atoms with Crippen LogP contribution in [0.2, 0.25) is 0 Å². The number of aryl methyl sites for hydroxylation is 1. The fraction of sp³-hybridized carbons (Fsp3) is 0.400. The Hall–Kier alpha value is -1.82. The highest BCUT2D eigenvalue weighted by Crippen LogP contribution is 2.15. The molecule has 0 aliphatic rings. The molecule has 0 amide bonds. The van der Waals surface area contributed by atoms with Crippen LogP contribution in [0.1, 0.15) is 24.4 Å². The maximum atomic E-state index is 9.96. The second-order valence-corrected chi connectivity index (χ2v) is 3.39. The van der Waals surface area contributed by atoms with E-state index in [4.69, 9.17) is 0 Å². The molecular weight excluding hydrogens is 206 g/mol. The molecule has 0 fully saturated rings. The first kappa shape index (κ1) is 10.7. The minimum atomic E-state index is -0.620. The molecule has 1 unspecified atom stereocenters. The number of aromatic nitrogens is 5. The van der Waals surface area contributed by atoms with Crippen LogP contribution < -0.4 is 0 Å². The maximum Gasteiger partial charge on any atom is 0.138 e. The van der Waals surface area contributed by atoms with Crippen molar-refractivity contribution in [2.45, 2.75) is 26.0 Å². The van der Waals surface area contributed by atoms with Gasteiger partial charge in [-0.15, -0.1) is 0 Å². The molecule has 6 heteroatoms. The molecular formula is C10H13N5O. The monoisotopic (exact) mass is 219 g/mol. The van der Waals surface area contributed by atoms with E-state index in [-0.39, 0.29) is 0 Å². The summed E-state index contributed by atoms with van der Waals surface area (Å²) in [6.45, 7) is 2.73. The fourth-order valence-electron chi connectivity index (χ4n) is 1.50. The van der Waals surface area contributed by atoms with E-state index in [0.717, 1.165) is 17.9 Å². The Bertz CT molecular complexity index is 441. The summed E-state index contributed by atoms with van der Waals surface area (Å²) in [5.41, 5.74) is 0.737. The van der Waals surface area contributed by atoms with Gasteiger partial charge in [-0.1, -0.05) is 0 Å². The van der Waals surface area contributed by atoms with Crippen LogP contribution in [0, 0.1) is 0 Å². The van der Waals surface area contributed by atoms with Crippen molar-refractivity contribution in [3.8, 4) is 0 Å². The van der Waals surface area contributed by atoms with E-state index < -0.39 is 6.10 Å². The molecule has 0 aromatic carbocycles. The van der Waals surface area contributed by atoms with Crippen molar-refractivity contribution >= 4 is 0 Å². The van der Waals surface area contributed by atoms with Gasteiger partial charge < -0.3 is 5.11 Å². The van der Waals surface area contributed by atoms with Crippen molar-refractivity contribution in [1.82, 2.24) is 25.0 Å². The van der Waals surface area contributed by atoms with Crippen LogP contribution in [0.25, 0.3) is 0 Å². The molecule has 0 bridgehead atoms. The third-order valence-electron chi connectivity index (χ3n) is 2.36. The first-order valence-corrected chi connectivity index (χ1v) is 5.12. The van der Waals surface area contributed by atoms with E-state index in [1.54, 1.807) is 23.1 Å². The SMILES string of the molecule is CCn1ncnc1CC(O)c1ccnnc1. The van der Waals surface area contributed by atoms with Crippen LogP contribution in [-0.4, -0.2) is 30.1 Å². The Kier molecular flexibility index (Phi) is 3.21. The van der Waals surface area contributed by atoms with Gasteiger partial charge in [-0.05, 0) is 13.0 Å². The lowest BCUT2D eigenvalue weighted by molar-refractivity contribution is 0.173. The minimum Gasteiger partial charge on any atom is -0.388 e. The first-order chi connectivity index (χ1) is 7.81. The van der Waals surface area contributed by atoms with Crippen molar-refractivity contribution < 1.29 is 5.11 Å². The predicted octanol–water partition coefficient (Wildman–Crippen LogP) is 0.364. The number of rotatable bonds is 4. The Labute approximate surface area is 93.0 Å². The molecule has 0 saturated carbocycles. The number of aliphatic hydroxyl groups is 1. The van der Waals surface area contributed by atoms with Crippen LogP contribution in [-0.2, 0) is 13.0 Å². The van der Waals surface area contributed by atoms with Gasteiger partial charge in [0.2, 0.25) is 0 Å². The summed E-state index contributed by atoms with van der Waals surface area (Å²) in [7, 11) is 0.